The van der Waals surface area contributed by atoms with E-state index < -0.39 is 4.92 Å². The fourth-order valence-electron chi connectivity index (χ4n) is 1.57. The van der Waals surface area contributed by atoms with E-state index in [1.165, 1.54) is 12.1 Å². The summed E-state index contributed by atoms with van der Waals surface area (Å²) < 4.78 is 0. The van der Waals surface area contributed by atoms with Crippen molar-refractivity contribution < 1.29 is 9.72 Å². The van der Waals surface area contributed by atoms with Crippen molar-refractivity contribution in [2.24, 2.45) is 0 Å². The number of benzene rings is 1. The molecule has 0 spiro atoms. The highest BCUT2D eigenvalue weighted by Crippen LogP contribution is 2.28. The lowest BCUT2D eigenvalue weighted by molar-refractivity contribution is -0.384. The van der Waals surface area contributed by atoms with Gasteiger partial charge in [0.05, 0.1) is 11.0 Å². The van der Waals surface area contributed by atoms with Crippen molar-refractivity contribution in [3.63, 3.8) is 0 Å². The molecule has 0 saturated heterocycles. The highest BCUT2D eigenvalue weighted by molar-refractivity contribution is 5.72. The number of nitro benzene ring substituents is 1. The van der Waals surface area contributed by atoms with Gasteiger partial charge >= 0.3 is 0 Å². The first-order chi connectivity index (χ1) is 6.70. The summed E-state index contributed by atoms with van der Waals surface area (Å²) in [7, 11) is 0. The Morgan fingerprint density at radius 1 is 1.57 bits per heavy atom. The molecular formula is C9H8N2O3. The second-order valence-corrected chi connectivity index (χ2v) is 3.19. The predicted molar refractivity (Wildman–Crippen MR) is 50.3 cm³/mol. The second kappa shape index (κ2) is 3.10. The molecular weight excluding hydrogens is 184 g/mol. The van der Waals surface area contributed by atoms with Crippen LogP contribution in [-0.4, -0.2) is 17.3 Å². The summed E-state index contributed by atoms with van der Waals surface area (Å²) in [6, 6.07) is 4.33. The van der Waals surface area contributed by atoms with E-state index in [9.17, 15) is 14.9 Å². The lowest BCUT2D eigenvalue weighted by atomic mass is 10.1. The van der Waals surface area contributed by atoms with Gasteiger partial charge < -0.3 is 10.1 Å². The Morgan fingerprint density at radius 3 is 3.00 bits per heavy atom. The molecule has 1 aromatic rings. The molecule has 1 aliphatic rings. The topological polar surface area (TPSA) is 72.2 Å². The summed E-state index contributed by atoms with van der Waals surface area (Å²) in [5.74, 6) is 0. The molecule has 14 heavy (non-hydrogen) atoms. The SMILES string of the molecule is O=CC1Cc2cc([N+](=O)[O-])ccc2N1. The number of non-ortho nitro benzene ring substituents is 1. The first-order valence-electron chi connectivity index (χ1n) is 4.20. The molecule has 0 aliphatic carbocycles. The molecule has 5 nitrogen and oxygen atoms in total. The van der Waals surface area contributed by atoms with Gasteiger partial charge in [-0.05, 0) is 11.6 Å². The average Bonchev–Trinajstić information content (AvgIpc) is 2.58. The van der Waals surface area contributed by atoms with Gasteiger partial charge in [-0.1, -0.05) is 0 Å². The number of hydrogen-bond acceptors (Lipinski definition) is 4. The summed E-state index contributed by atoms with van der Waals surface area (Å²) in [6.07, 6.45) is 1.34. The zero-order valence-corrected chi connectivity index (χ0v) is 7.27. The van der Waals surface area contributed by atoms with Gasteiger partial charge in [0.15, 0.2) is 0 Å². The van der Waals surface area contributed by atoms with Crippen LogP contribution in [0.5, 0.6) is 0 Å². The van der Waals surface area contributed by atoms with Gasteiger partial charge in [-0.15, -0.1) is 0 Å². The molecule has 0 saturated carbocycles. The molecule has 2 rings (SSSR count). The van der Waals surface area contributed by atoms with E-state index >= 15 is 0 Å². The van der Waals surface area contributed by atoms with E-state index in [0.29, 0.717) is 6.42 Å². The molecule has 0 aromatic heterocycles. The normalized spacial score (nSPS) is 18.4. The van der Waals surface area contributed by atoms with Crippen molar-refractivity contribution in [2.75, 3.05) is 5.32 Å². The Bertz CT molecular complexity index is 403. The Morgan fingerprint density at radius 2 is 2.36 bits per heavy atom. The van der Waals surface area contributed by atoms with Gasteiger partial charge in [-0.25, -0.2) is 0 Å². The molecule has 0 bridgehead atoms. The molecule has 1 aliphatic heterocycles. The third-order valence-corrected chi connectivity index (χ3v) is 2.24. The number of anilines is 1. The molecule has 0 radical (unpaired) electrons. The van der Waals surface area contributed by atoms with E-state index in [1.54, 1.807) is 6.07 Å². The molecule has 1 heterocycles. The summed E-state index contributed by atoms with van der Waals surface area (Å²) in [5.41, 5.74) is 1.71. The molecule has 0 fully saturated rings. The zero-order valence-electron chi connectivity index (χ0n) is 7.27. The van der Waals surface area contributed by atoms with Crippen LogP contribution < -0.4 is 5.32 Å². The monoisotopic (exact) mass is 192 g/mol. The number of fused-ring (bicyclic) bond motifs is 1. The molecule has 5 heteroatoms. The molecule has 1 unspecified atom stereocenters. The van der Waals surface area contributed by atoms with Gasteiger partial charge in [-0.2, -0.15) is 0 Å². The Labute approximate surface area is 79.9 Å². The minimum atomic E-state index is -0.436. The largest absolute Gasteiger partial charge is 0.375 e. The molecule has 1 aromatic carbocycles. The molecule has 1 atom stereocenters. The molecule has 72 valence electrons. The summed E-state index contributed by atoms with van der Waals surface area (Å²) >= 11 is 0. The van der Waals surface area contributed by atoms with E-state index in [2.05, 4.69) is 5.32 Å². The third kappa shape index (κ3) is 1.32. The lowest BCUT2D eigenvalue weighted by Crippen LogP contribution is -2.15. The van der Waals surface area contributed by atoms with Crippen LogP contribution >= 0.6 is 0 Å². The van der Waals surface area contributed by atoms with Crippen LogP contribution in [0, 0.1) is 10.1 Å². The summed E-state index contributed by atoms with van der Waals surface area (Å²) in [4.78, 5) is 20.5. The van der Waals surface area contributed by atoms with Crippen LogP contribution in [0.15, 0.2) is 18.2 Å². The van der Waals surface area contributed by atoms with E-state index in [1.807, 2.05) is 0 Å². The summed E-state index contributed by atoms with van der Waals surface area (Å²) in [6.45, 7) is 0. The summed E-state index contributed by atoms with van der Waals surface area (Å²) in [5, 5.41) is 13.4. The van der Waals surface area contributed by atoms with E-state index in [0.717, 1.165) is 17.5 Å². The van der Waals surface area contributed by atoms with Gasteiger partial charge in [0.2, 0.25) is 0 Å². The Balaban J connectivity index is 2.35. The highest BCUT2D eigenvalue weighted by atomic mass is 16.6. The minimum absolute atomic E-state index is 0.0668. The number of nitrogens with one attached hydrogen (secondary N) is 1. The highest BCUT2D eigenvalue weighted by Gasteiger charge is 2.21. The van der Waals surface area contributed by atoms with E-state index in [-0.39, 0.29) is 11.7 Å². The maximum Gasteiger partial charge on any atom is 0.269 e. The fourth-order valence-corrected chi connectivity index (χ4v) is 1.57. The number of nitrogens with zero attached hydrogens (tertiary/aromatic N) is 1. The van der Waals surface area contributed by atoms with Gasteiger partial charge in [0, 0.05) is 24.2 Å². The predicted octanol–water partition coefficient (Wildman–Crippen LogP) is 1.13. The smallest absolute Gasteiger partial charge is 0.269 e. The van der Waals surface area contributed by atoms with Crippen LogP contribution in [0.3, 0.4) is 0 Å². The van der Waals surface area contributed by atoms with Crippen LogP contribution in [-0.2, 0) is 11.2 Å². The standard InChI is InChI=1S/C9H8N2O3/c12-5-7-3-6-4-8(11(13)14)1-2-9(6)10-7/h1-2,4-5,7,10H,3H2. The van der Waals surface area contributed by atoms with Gasteiger partial charge in [0.1, 0.15) is 6.29 Å². The second-order valence-electron chi connectivity index (χ2n) is 3.19. The van der Waals surface area contributed by atoms with Crippen molar-refractivity contribution in [2.45, 2.75) is 12.5 Å². The number of aldehydes is 1. The number of carbonyl (C=O) groups is 1. The van der Waals surface area contributed by atoms with Crippen LogP contribution in [0.4, 0.5) is 11.4 Å². The van der Waals surface area contributed by atoms with Gasteiger partial charge in [-0.3, -0.25) is 10.1 Å². The average molecular weight is 192 g/mol. The quantitative estimate of drug-likeness (QED) is 0.433. The van der Waals surface area contributed by atoms with Crippen molar-refractivity contribution in [1.29, 1.82) is 0 Å². The Kier molecular flexibility index (Phi) is 1.92. The maximum atomic E-state index is 10.5. The first kappa shape index (κ1) is 8.68. The van der Waals surface area contributed by atoms with Crippen molar-refractivity contribution >= 4 is 17.7 Å². The van der Waals surface area contributed by atoms with Crippen LogP contribution in [0.1, 0.15) is 5.56 Å². The first-order valence-corrected chi connectivity index (χ1v) is 4.20. The minimum Gasteiger partial charge on any atom is -0.375 e. The van der Waals surface area contributed by atoms with Crippen LogP contribution in [0.25, 0.3) is 0 Å². The lowest BCUT2D eigenvalue weighted by Gasteiger charge is -1.99. The molecule has 1 N–H and O–H groups in total. The van der Waals surface area contributed by atoms with Crippen molar-refractivity contribution in [3.8, 4) is 0 Å². The number of rotatable bonds is 2. The van der Waals surface area contributed by atoms with Crippen molar-refractivity contribution in [3.05, 3.63) is 33.9 Å². The van der Waals surface area contributed by atoms with Crippen LogP contribution in [0.2, 0.25) is 0 Å². The zero-order chi connectivity index (χ0) is 10.1. The van der Waals surface area contributed by atoms with Crippen molar-refractivity contribution in [1.82, 2.24) is 0 Å². The third-order valence-electron chi connectivity index (χ3n) is 2.24. The molecule has 0 amide bonds. The maximum absolute atomic E-state index is 10.5. The van der Waals surface area contributed by atoms with Gasteiger partial charge in [0.25, 0.3) is 5.69 Å². The number of nitro groups is 1. The fraction of sp³-hybridized carbons (Fsp3) is 0.222. The van der Waals surface area contributed by atoms with E-state index in [4.69, 9.17) is 0 Å². The number of carbonyl (C=O) groups excluding carboxylic acids is 1. The Hall–Kier alpha value is -1.91. The number of hydrogen-bond donors (Lipinski definition) is 1.